The molecule has 0 amide bonds. The zero-order chi connectivity index (χ0) is 15.9. The monoisotopic (exact) mass is 333 g/mol. The molecular formula is C14H15N5OS2. The van der Waals surface area contributed by atoms with Gasteiger partial charge >= 0.3 is 0 Å². The Labute approximate surface area is 137 Å². The summed E-state index contributed by atoms with van der Waals surface area (Å²) in [6.45, 7) is 0. The molecule has 0 bridgehead atoms. The number of anilines is 2. The van der Waals surface area contributed by atoms with E-state index in [1.165, 1.54) is 0 Å². The Kier molecular flexibility index (Phi) is 3.71. The fourth-order valence-corrected chi connectivity index (χ4v) is 2.85. The van der Waals surface area contributed by atoms with Crippen molar-refractivity contribution in [2.75, 3.05) is 24.3 Å². The van der Waals surface area contributed by atoms with Crippen LogP contribution < -0.4 is 21.1 Å². The number of hydrogen-bond acceptors (Lipinski definition) is 4. The summed E-state index contributed by atoms with van der Waals surface area (Å²) in [5, 5.41) is 6.52. The molecular weight excluding hydrogens is 318 g/mol. The van der Waals surface area contributed by atoms with Gasteiger partial charge in [0.15, 0.2) is 9.88 Å². The summed E-state index contributed by atoms with van der Waals surface area (Å²) in [5.74, 6) is 0.541. The summed E-state index contributed by atoms with van der Waals surface area (Å²) in [7, 11) is 3.96. The second kappa shape index (κ2) is 5.54. The van der Waals surface area contributed by atoms with E-state index < -0.39 is 0 Å². The molecule has 1 unspecified atom stereocenters. The lowest BCUT2D eigenvalue weighted by Crippen LogP contribution is -2.42. The van der Waals surface area contributed by atoms with Crippen molar-refractivity contribution in [3.8, 4) is 0 Å². The molecule has 0 saturated carbocycles. The van der Waals surface area contributed by atoms with Crippen LogP contribution in [0.1, 0.15) is 17.2 Å². The Balaban J connectivity index is 2.11. The third kappa shape index (κ3) is 2.62. The Hall–Kier alpha value is -2.19. The molecule has 0 fully saturated rings. The Morgan fingerprint density at radius 2 is 1.77 bits per heavy atom. The number of thiocarbonyl (C=S) groups is 1. The van der Waals surface area contributed by atoms with E-state index >= 15 is 0 Å². The predicted molar refractivity (Wildman–Crippen MR) is 94.2 cm³/mol. The first-order valence-corrected chi connectivity index (χ1v) is 7.48. The molecule has 1 aliphatic heterocycles. The number of aromatic nitrogens is 2. The van der Waals surface area contributed by atoms with Crippen LogP contribution in [0, 0.1) is 4.77 Å². The zero-order valence-corrected chi connectivity index (χ0v) is 13.7. The van der Waals surface area contributed by atoms with Crippen LogP contribution in [0.5, 0.6) is 0 Å². The quantitative estimate of drug-likeness (QED) is 0.629. The lowest BCUT2D eigenvalue weighted by atomic mass is 9.98. The molecule has 0 spiro atoms. The highest BCUT2D eigenvalue weighted by Gasteiger charge is 2.27. The second-order valence-corrected chi connectivity index (χ2v) is 6.03. The van der Waals surface area contributed by atoms with Gasteiger partial charge in [-0.2, -0.15) is 0 Å². The van der Waals surface area contributed by atoms with Crippen LogP contribution in [0.25, 0.3) is 0 Å². The number of benzene rings is 1. The summed E-state index contributed by atoms with van der Waals surface area (Å²) < 4.78 is 0.266. The van der Waals surface area contributed by atoms with Crippen LogP contribution in [0.15, 0.2) is 29.1 Å². The maximum atomic E-state index is 12.3. The molecule has 0 saturated heterocycles. The van der Waals surface area contributed by atoms with E-state index in [9.17, 15) is 4.79 Å². The summed E-state index contributed by atoms with van der Waals surface area (Å²) in [6.07, 6.45) is 0. The third-order valence-electron chi connectivity index (χ3n) is 3.53. The van der Waals surface area contributed by atoms with Gasteiger partial charge in [0, 0.05) is 19.8 Å². The van der Waals surface area contributed by atoms with Crippen LogP contribution in [0.4, 0.5) is 11.5 Å². The first kappa shape index (κ1) is 14.7. The molecule has 114 valence electrons. The fraction of sp³-hybridized carbons (Fsp3) is 0.214. The number of nitrogens with zero attached hydrogens (tertiary/aromatic N) is 1. The molecule has 1 atom stereocenters. The number of nitrogens with one attached hydrogen (secondary N) is 4. The molecule has 1 aromatic heterocycles. The van der Waals surface area contributed by atoms with Gasteiger partial charge in [-0.15, -0.1) is 0 Å². The Morgan fingerprint density at radius 3 is 2.41 bits per heavy atom. The van der Waals surface area contributed by atoms with Gasteiger partial charge in [-0.05, 0) is 42.1 Å². The van der Waals surface area contributed by atoms with Crippen molar-refractivity contribution in [2.45, 2.75) is 6.04 Å². The highest BCUT2D eigenvalue weighted by Crippen LogP contribution is 2.28. The predicted octanol–water partition coefficient (Wildman–Crippen LogP) is 1.89. The molecule has 0 radical (unpaired) electrons. The minimum atomic E-state index is -0.324. The van der Waals surface area contributed by atoms with E-state index in [2.05, 4.69) is 20.6 Å². The number of rotatable bonds is 2. The van der Waals surface area contributed by atoms with Crippen LogP contribution in [0.3, 0.4) is 0 Å². The zero-order valence-electron chi connectivity index (χ0n) is 12.1. The summed E-state index contributed by atoms with van der Waals surface area (Å²) in [4.78, 5) is 19.8. The van der Waals surface area contributed by atoms with Crippen molar-refractivity contribution >= 4 is 41.1 Å². The SMILES string of the molecule is CN(C)c1ccc(C2NC(=S)Nc3[nH]c(=S)[nH]c(=O)c32)cc1. The van der Waals surface area contributed by atoms with Gasteiger partial charge in [0.2, 0.25) is 0 Å². The first-order chi connectivity index (χ1) is 10.5. The van der Waals surface area contributed by atoms with Gasteiger partial charge in [0.1, 0.15) is 5.82 Å². The van der Waals surface area contributed by atoms with E-state index in [-0.39, 0.29) is 16.4 Å². The van der Waals surface area contributed by atoms with Gasteiger partial charge < -0.3 is 20.5 Å². The lowest BCUT2D eigenvalue weighted by Gasteiger charge is -2.28. The highest BCUT2D eigenvalue weighted by atomic mass is 32.1. The van der Waals surface area contributed by atoms with E-state index in [4.69, 9.17) is 24.4 Å². The highest BCUT2D eigenvalue weighted by molar-refractivity contribution is 7.80. The standard InChI is InChI=1S/C14H15N5OS2/c1-19(2)8-5-3-7(4-6-8)10-9-11(16-13(21)15-10)17-14(22)18-12(9)20/h3-6,10H,1-2H3,(H4,15,16,17,18,20,21,22). The van der Waals surface area contributed by atoms with Crippen LogP contribution in [0.2, 0.25) is 0 Å². The smallest absolute Gasteiger partial charge is 0.259 e. The molecule has 1 aliphatic rings. The number of hydrogen-bond donors (Lipinski definition) is 4. The van der Waals surface area contributed by atoms with Crippen molar-refractivity contribution in [3.05, 3.63) is 50.5 Å². The minimum absolute atomic E-state index is 0.233. The maximum Gasteiger partial charge on any atom is 0.259 e. The molecule has 2 aromatic rings. The van der Waals surface area contributed by atoms with Crippen molar-refractivity contribution < 1.29 is 0 Å². The minimum Gasteiger partial charge on any atom is -0.378 e. The average molecular weight is 333 g/mol. The number of fused-ring (bicyclic) bond motifs is 1. The molecule has 6 nitrogen and oxygen atoms in total. The molecule has 4 N–H and O–H groups in total. The fourth-order valence-electron chi connectivity index (χ4n) is 2.44. The lowest BCUT2D eigenvalue weighted by molar-refractivity contribution is 0.734. The van der Waals surface area contributed by atoms with Crippen molar-refractivity contribution in [2.24, 2.45) is 0 Å². The van der Waals surface area contributed by atoms with E-state index in [0.29, 0.717) is 16.5 Å². The molecule has 8 heteroatoms. The van der Waals surface area contributed by atoms with Crippen molar-refractivity contribution in [3.63, 3.8) is 0 Å². The van der Waals surface area contributed by atoms with Crippen LogP contribution in [-0.2, 0) is 0 Å². The Morgan fingerprint density at radius 1 is 1.09 bits per heavy atom. The number of aromatic amines is 2. The number of H-pyrrole nitrogens is 2. The second-order valence-electron chi connectivity index (χ2n) is 5.21. The molecule has 3 rings (SSSR count). The van der Waals surface area contributed by atoms with Crippen LogP contribution >= 0.6 is 24.4 Å². The van der Waals surface area contributed by atoms with Gasteiger partial charge in [-0.1, -0.05) is 12.1 Å². The van der Waals surface area contributed by atoms with E-state index in [1.807, 2.05) is 43.3 Å². The molecule has 22 heavy (non-hydrogen) atoms. The van der Waals surface area contributed by atoms with Crippen LogP contribution in [-0.4, -0.2) is 29.2 Å². The average Bonchev–Trinajstić information content (AvgIpc) is 2.45. The van der Waals surface area contributed by atoms with E-state index in [1.54, 1.807) is 0 Å². The van der Waals surface area contributed by atoms with Gasteiger partial charge in [-0.25, -0.2) is 0 Å². The van der Waals surface area contributed by atoms with Gasteiger partial charge in [0.05, 0.1) is 11.6 Å². The van der Waals surface area contributed by atoms with Gasteiger partial charge in [-0.3, -0.25) is 9.78 Å². The normalized spacial score (nSPS) is 16.5. The molecule has 2 heterocycles. The summed E-state index contributed by atoms with van der Waals surface area (Å²) in [5.41, 5.74) is 2.34. The summed E-state index contributed by atoms with van der Waals surface area (Å²) in [6, 6.07) is 7.63. The Bertz CT molecular complexity index is 838. The maximum absolute atomic E-state index is 12.3. The largest absolute Gasteiger partial charge is 0.378 e. The van der Waals surface area contributed by atoms with Crippen molar-refractivity contribution in [1.82, 2.24) is 15.3 Å². The van der Waals surface area contributed by atoms with Gasteiger partial charge in [0.25, 0.3) is 5.56 Å². The molecule has 0 aliphatic carbocycles. The summed E-state index contributed by atoms with van der Waals surface area (Å²) >= 11 is 10.2. The first-order valence-electron chi connectivity index (χ1n) is 6.67. The van der Waals surface area contributed by atoms with Crippen molar-refractivity contribution in [1.29, 1.82) is 0 Å². The third-order valence-corrected chi connectivity index (χ3v) is 3.95. The topological polar surface area (TPSA) is 75.9 Å². The van der Waals surface area contributed by atoms with E-state index in [0.717, 1.165) is 11.3 Å². The molecule has 1 aromatic carbocycles.